The Balaban J connectivity index is 2.44. The van der Waals surface area contributed by atoms with Gasteiger partial charge in [0.25, 0.3) is 0 Å². The summed E-state index contributed by atoms with van der Waals surface area (Å²) < 4.78 is 10.7. The molecule has 82 valence electrons. The van der Waals surface area contributed by atoms with Crippen molar-refractivity contribution in [2.24, 2.45) is 0 Å². The van der Waals surface area contributed by atoms with Crippen molar-refractivity contribution in [2.45, 2.75) is 0 Å². The molecule has 16 heavy (non-hydrogen) atoms. The third-order valence-electron chi connectivity index (χ3n) is 2.19. The molecule has 0 saturated heterocycles. The van der Waals surface area contributed by atoms with E-state index in [4.69, 9.17) is 4.42 Å². The van der Waals surface area contributed by atoms with Crippen molar-refractivity contribution < 1.29 is 13.9 Å². The second-order valence-electron chi connectivity index (χ2n) is 3.16. The van der Waals surface area contributed by atoms with Crippen LogP contribution in [0.1, 0.15) is 10.6 Å². The molecule has 0 saturated carbocycles. The monoisotopic (exact) mass is 280 g/mol. The van der Waals surface area contributed by atoms with Crippen molar-refractivity contribution in [1.82, 2.24) is 0 Å². The molecule has 0 fully saturated rings. The molecule has 2 rings (SSSR count). The van der Waals surface area contributed by atoms with E-state index in [0.717, 1.165) is 15.6 Å². The predicted molar refractivity (Wildman–Crippen MR) is 63.2 cm³/mol. The molecule has 0 bridgehead atoms. The van der Waals surface area contributed by atoms with Crippen LogP contribution < -0.4 is 0 Å². The fraction of sp³-hybridized carbons (Fsp3) is 0.0833. The number of hydrogen-bond donors (Lipinski definition) is 0. The number of furan rings is 1. The topological polar surface area (TPSA) is 39.4 Å². The zero-order valence-electron chi connectivity index (χ0n) is 8.57. The summed E-state index contributed by atoms with van der Waals surface area (Å²) >= 11 is 3.35. The first-order chi connectivity index (χ1) is 7.72. The summed E-state index contributed by atoms with van der Waals surface area (Å²) in [5.41, 5.74) is 1.65. The quantitative estimate of drug-likeness (QED) is 0.791. The van der Waals surface area contributed by atoms with E-state index in [2.05, 4.69) is 20.7 Å². The molecule has 1 heterocycles. The van der Waals surface area contributed by atoms with Gasteiger partial charge in [-0.05, 0) is 23.8 Å². The van der Waals surface area contributed by atoms with Gasteiger partial charge < -0.3 is 9.15 Å². The van der Waals surface area contributed by atoms with E-state index in [0.29, 0.717) is 0 Å². The van der Waals surface area contributed by atoms with E-state index in [9.17, 15) is 4.79 Å². The SMILES string of the molecule is COC(=O)c1occc1-c1ccc(Br)cc1. The molecule has 0 atom stereocenters. The van der Waals surface area contributed by atoms with Gasteiger partial charge in [0.1, 0.15) is 0 Å². The second kappa shape index (κ2) is 4.53. The van der Waals surface area contributed by atoms with Crippen LogP contribution >= 0.6 is 15.9 Å². The van der Waals surface area contributed by atoms with Crippen LogP contribution in [-0.2, 0) is 4.74 Å². The molecule has 0 spiro atoms. The van der Waals surface area contributed by atoms with Crippen molar-refractivity contribution in [1.29, 1.82) is 0 Å². The molecule has 0 amide bonds. The molecule has 4 heteroatoms. The van der Waals surface area contributed by atoms with Gasteiger partial charge in [0.2, 0.25) is 5.76 Å². The number of carbonyl (C=O) groups excluding carboxylic acids is 1. The summed E-state index contributed by atoms with van der Waals surface area (Å²) in [6.07, 6.45) is 1.48. The van der Waals surface area contributed by atoms with E-state index in [1.165, 1.54) is 13.4 Å². The number of hydrogen-bond acceptors (Lipinski definition) is 3. The van der Waals surface area contributed by atoms with Gasteiger partial charge in [-0.25, -0.2) is 4.79 Å². The van der Waals surface area contributed by atoms with Gasteiger partial charge in [0.05, 0.1) is 13.4 Å². The van der Waals surface area contributed by atoms with Crippen LogP contribution in [0.4, 0.5) is 0 Å². The average Bonchev–Trinajstić information content (AvgIpc) is 2.78. The summed E-state index contributed by atoms with van der Waals surface area (Å²) in [7, 11) is 1.33. The molecule has 0 radical (unpaired) electrons. The fourth-order valence-corrected chi connectivity index (χ4v) is 1.68. The van der Waals surface area contributed by atoms with E-state index >= 15 is 0 Å². The maximum Gasteiger partial charge on any atom is 0.374 e. The van der Waals surface area contributed by atoms with Crippen molar-refractivity contribution in [2.75, 3.05) is 7.11 Å². The molecule has 1 aromatic carbocycles. The molecule has 0 aliphatic rings. The largest absolute Gasteiger partial charge is 0.463 e. The van der Waals surface area contributed by atoms with Crippen molar-refractivity contribution in [3.05, 3.63) is 46.8 Å². The predicted octanol–water partition coefficient (Wildman–Crippen LogP) is 3.50. The average molecular weight is 281 g/mol. The fourth-order valence-electron chi connectivity index (χ4n) is 1.42. The zero-order chi connectivity index (χ0) is 11.5. The van der Waals surface area contributed by atoms with Crippen molar-refractivity contribution in [3.8, 4) is 11.1 Å². The minimum atomic E-state index is -0.470. The molecule has 3 nitrogen and oxygen atoms in total. The maximum absolute atomic E-state index is 11.4. The Labute approximate surface area is 101 Å². The minimum absolute atomic E-state index is 0.227. The lowest BCUT2D eigenvalue weighted by atomic mass is 10.1. The second-order valence-corrected chi connectivity index (χ2v) is 4.08. The van der Waals surface area contributed by atoms with Gasteiger partial charge in [-0.15, -0.1) is 0 Å². The van der Waals surface area contributed by atoms with Gasteiger partial charge in [-0.3, -0.25) is 0 Å². The van der Waals surface area contributed by atoms with E-state index in [1.807, 2.05) is 24.3 Å². The van der Waals surface area contributed by atoms with Crippen LogP contribution in [0.2, 0.25) is 0 Å². The highest BCUT2D eigenvalue weighted by Gasteiger charge is 2.16. The molecule has 0 unspecified atom stereocenters. The Kier molecular flexibility index (Phi) is 3.10. The Morgan fingerprint density at radius 3 is 2.56 bits per heavy atom. The number of halogens is 1. The Morgan fingerprint density at radius 2 is 1.94 bits per heavy atom. The van der Waals surface area contributed by atoms with Crippen LogP contribution in [0.15, 0.2) is 45.5 Å². The molecule has 0 N–H and O–H groups in total. The van der Waals surface area contributed by atoms with Gasteiger partial charge in [0.15, 0.2) is 0 Å². The van der Waals surface area contributed by atoms with Crippen LogP contribution in [-0.4, -0.2) is 13.1 Å². The highest BCUT2D eigenvalue weighted by atomic mass is 79.9. The van der Waals surface area contributed by atoms with E-state index in [-0.39, 0.29) is 5.76 Å². The molecule has 2 aromatic rings. The zero-order valence-corrected chi connectivity index (χ0v) is 10.2. The molecular formula is C12H9BrO3. The Morgan fingerprint density at radius 1 is 1.25 bits per heavy atom. The number of methoxy groups -OCH3 is 1. The van der Waals surface area contributed by atoms with Crippen LogP contribution in [0.25, 0.3) is 11.1 Å². The van der Waals surface area contributed by atoms with Crippen molar-refractivity contribution in [3.63, 3.8) is 0 Å². The molecule has 0 aliphatic heterocycles. The Bertz CT molecular complexity index is 499. The maximum atomic E-state index is 11.4. The van der Waals surface area contributed by atoms with Crippen LogP contribution in [0.5, 0.6) is 0 Å². The van der Waals surface area contributed by atoms with Gasteiger partial charge in [0, 0.05) is 10.0 Å². The number of benzene rings is 1. The highest BCUT2D eigenvalue weighted by molar-refractivity contribution is 9.10. The summed E-state index contributed by atoms with van der Waals surface area (Å²) in [5.74, 6) is -0.243. The standard InChI is InChI=1S/C12H9BrO3/c1-15-12(14)11-10(6-7-16-11)8-2-4-9(13)5-3-8/h2-7H,1H3. The third kappa shape index (κ3) is 2.02. The summed E-state index contributed by atoms with van der Waals surface area (Å²) in [6.45, 7) is 0. The lowest BCUT2D eigenvalue weighted by molar-refractivity contribution is 0.0566. The van der Waals surface area contributed by atoms with E-state index < -0.39 is 5.97 Å². The van der Waals surface area contributed by atoms with Gasteiger partial charge >= 0.3 is 5.97 Å². The smallest absolute Gasteiger partial charge is 0.374 e. The van der Waals surface area contributed by atoms with Gasteiger partial charge in [-0.1, -0.05) is 28.1 Å². The number of rotatable bonds is 2. The number of ether oxygens (including phenoxy) is 1. The number of esters is 1. The number of carbonyl (C=O) groups is 1. The van der Waals surface area contributed by atoms with Crippen LogP contribution in [0, 0.1) is 0 Å². The van der Waals surface area contributed by atoms with Gasteiger partial charge in [-0.2, -0.15) is 0 Å². The van der Waals surface area contributed by atoms with Crippen molar-refractivity contribution >= 4 is 21.9 Å². The Hall–Kier alpha value is -1.55. The van der Waals surface area contributed by atoms with E-state index in [1.54, 1.807) is 6.07 Å². The molecule has 0 aliphatic carbocycles. The first kappa shape index (κ1) is 11.0. The first-order valence-electron chi connectivity index (χ1n) is 4.64. The lowest BCUT2D eigenvalue weighted by Gasteiger charge is -2.01. The van der Waals surface area contributed by atoms with Crippen LogP contribution in [0.3, 0.4) is 0 Å². The summed E-state index contributed by atoms with van der Waals surface area (Å²) in [6, 6.07) is 9.37. The summed E-state index contributed by atoms with van der Waals surface area (Å²) in [5, 5.41) is 0. The molecular weight excluding hydrogens is 272 g/mol. The lowest BCUT2D eigenvalue weighted by Crippen LogP contribution is -2.00. The highest BCUT2D eigenvalue weighted by Crippen LogP contribution is 2.26. The molecule has 1 aromatic heterocycles. The first-order valence-corrected chi connectivity index (χ1v) is 5.43. The normalized spacial score (nSPS) is 10.1. The third-order valence-corrected chi connectivity index (χ3v) is 2.72. The minimum Gasteiger partial charge on any atom is -0.463 e. The summed E-state index contributed by atoms with van der Waals surface area (Å²) in [4.78, 5) is 11.4.